The molecule has 0 saturated heterocycles. The fraction of sp³-hybridized carbons (Fsp3) is 0.429. The van der Waals surface area contributed by atoms with Crippen LogP contribution in [0.2, 0.25) is 0 Å². The van der Waals surface area contributed by atoms with Crippen LogP contribution in [0, 0.1) is 0 Å². The van der Waals surface area contributed by atoms with Crippen molar-refractivity contribution in [3.63, 3.8) is 0 Å². The summed E-state index contributed by atoms with van der Waals surface area (Å²) in [6.07, 6.45) is 3.29. The van der Waals surface area contributed by atoms with Gasteiger partial charge < -0.3 is 15.6 Å². The molecule has 1 atom stereocenters. The molecule has 3 N–H and O–H groups in total. The molecule has 3 heteroatoms. The van der Waals surface area contributed by atoms with Crippen molar-refractivity contribution in [2.75, 3.05) is 13.1 Å². The normalized spacial score (nSPS) is 13.1. The van der Waals surface area contributed by atoms with Crippen LogP contribution in [0.1, 0.15) is 13.3 Å². The largest absolute Gasteiger partial charge is 0.347 e. The van der Waals surface area contributed by atoms with Gasteiger partial charge in [-0.3, -0.25) is 0 Å². The van der Waals surface area contributed by atoms with E-state index in [0.717, 1.165) is 19.5 Å². The van der Waals surface area contributed by atoms with Crippen molar-refractivity contribution in [2.45, 2.75) is 25.9 Å². The number of aryl methyl sites for hydroxylation is 1. The number of hydrogen-bond acceptors (Lipinski definition) is 2. The molecule has 1 aromatic carbocycles. The molecule has 1 aromatic heterocycles. The second-order valence-electron chi connectivity index (χ2n) is 4.51. The summed E-state index contributed by atoms with van der Waals surface area (Å²) in [4.78, 5) is 0. The highest BCUT2D eigenvalue weighted by atomic mass is 15.0. The topological polar surface area (TPSA) is 43.0 Å². The summed E-state index contributed by atoms with van der Waals surface area (Å²) in [6.45, 7) is 4.89. The average molecular weight is 231 g/mol. The Labute approximate surface area is 103 Å². The summed E-state index contributed by atoms with van der Waals surface area (Å²) < 4.78 is 2.31. The smallest absolute Gasteiger partial charge is 0.0480 e. The third-order valence-corrected chi connectivity index (χ3v) is 3.10. The summed E-state index contributed by atoms with van der Waals surface area (Å²) in [5, 5.41) is 4.72. The van der Waals surface area contributed by atoms with Gasteiger partial charge in [-0.25, -0.2) is 0 Å². The Bertz CT molecular complexity index is 461. The van der Waals surface area contributed by atoms with Crippen molar-refractivity contribution in [3.8, 4) is 0 Å². The van der Waals surface area contributed by atoms with Gasteiger partial charge in [0.05, 0.1) is 0 Å². The van der Waals surface area contributed by atoms with Crippen LogP contribution in [0.15, 0.2) is 36.5 Å². The number of aromatic nitrogens is 1. The quantitative estimate of drug-likeness (QED) is 0.746. The predicted octanol–water partition coefficient (Wildman–Crippen LogP) is 1.97. The summed E-state index contributed by atoms with van der Waals surface area (Å²) in [7, 11) is 0. The molecule has 0 aliphatic rings. The summed E-state index contributed by atoms with van der Waals surface area (Å²) >= 11 is 0. The first-order valence-electron chi connectivity index (χ1n) is 6.28. The van der Waals surface area contributed by atoms with Gasteiger partial charge in [0, 0.05) is 30.8 Å². The number of para-hydroxylation sites is 1. The van der Waals surface area contributed by atoms with Crippen LogP contribution >= 0.6 is 0 Å². The lowest BCUT2D eigenvalue weighted by molar-refractivity contribution is 0.521. The van der Waals surface area contributed by atoms with Gasteiger partial charge in [-0.1, -0.05) is 18.2 Å². The third-order valence-electron chi connectivity index (χ3n) is 3.10. The number of nitrogens with zero attached hydrogens (tertiary/aromatic N) is 1. The lowest BCUT2D eigenvalue weighted by atomic mass is 10.2. The monoisotopic (exact) mass is 231 g/mol. The Hall–Kier alpha value is -1.32. The molecule has 92 valence electrons. The van der Waals surface area contributed by atoms with E-state index in [9.17, 15) is 0 Å². The Morgan fingerprint density at radius 2 is 2.12 bits per heavy atom. The molecule has 0 aliphatic carbocycles. The number of fused-ring (bicyclic) bond motifs is 1. The molecule has 2 aromatic rings. The van der Waals surface area contributed by atoms with Crippen molar-refractivity contribution >= 4 is 10.9 Å². The van der Waals surface area contributed by atoms with E-state index in [1.165, 1.54) is 10.9 Å². The van der Waals surface area contributed by atoms with E-state index in [4.69, 9.17) is 5.73 Å². The molecule has 1 heterocycles. The Kier molecular flexibility index (Phi) is 4.18. The van der Waals surface area contributed by atoms with Crippen molar-refractivity contribution in [1.82, 2.24) is 9.88 Å². The van der Waals surface area contributed by atoms with Gasteiger partial charge in [0.1, 0.15) is 0 Å². The van der Waals surface area contributed by atoms with Gasteiger partial charge in [0.15, 0.2) is 0 Å². The van der Waals surface area contributed by atoms with E-state index in [-0.39, 0.29) is 0 Å². The van der Waals surface area contributed by atoms with E-state index < -0.39 is 0 Å². The summed E-state index contributed by atoms with van der Waals surface area (Å²) in [6, 6.07) is 11.1. The van der Waals surface area contributed by atoms with Crippen molar-refractivity contribution in [3.05, 3.63) is 36.5 Å². The maximum Gasteiger partial charge on any atom is 0.0480 e. The number of hydrogen-bond donors (Lipinski definition) is 2. The lowest BCUT2D eigenvalue weighted by Gasteiger charge is -2.11. The minimum atomic E-state index is 0.413. The minimum absolute atomic E-state index is 0.413. The van der Waals surface area contributed by atoms with Crippen LogP contribution in [0.25, 0.3) is 10.9 Å². The number of benzene rings is 1. The molecule has 0 fully saturated rings. The molecule has 0 radical (unpaired) electrons. The van der Waals surface area contributed by atoms with E-state index in [0.29, 0.717) is 12.6 Å². The van der Waals surface area contributed by atoms with Gasteiger partial charge in [-0.15, -0.1) is 0 Å². The minimum Gasteiger partial charge on any atom is -0.347 e. The number of rotatable bonds is 6. The second kappa shape index (κ2) is 5.84. The molecule has 3 nitrogen and oxygen atoms in total. The van der Waals surface area contributed by atoms with E-state index in [1.807, 2.05) is 0 Å². The summed E-state index contributed by atoms with van der Waals surface area (Å²) in [5.74, 6) is 0. The lowest BCUT2D eigenvalue weighted by Crippen LogP contribution is -2.34. The molecule has 0 aliphatic heterocycles. The fourth-order valence-electron chi connectivity index (χ4n) is 2.02. The zero-order valence-electron chi connectivity index (χ0n) is 10.4. The molecule has 0 spiro atoms. The third kappa shape index (κ3) is 3.08. The molecule has 0 bridgehead atoms. The average Bonchev–Trinajstić information content (AvgIpc) is 2.78. The van der Waals surface area contributed by atoms with Crippen LogP contribution in [0.3, 0.4) is 0 Å². The van der Waals surface area contributed by atoms with Gasteiger partial charge >= 0.3 is 0 Å². The Morgan fingerprint density at radius 3 is 2.94 bits per heavy atom. The molecular formula is C14H21N3. The fourth-order valence-corrected chi connectivity index (χ4v) is 2.02. The van der Waals surface area contributed by atoms with E-state index in [1.54, 1.807) is 0 Å². The molecule has 0 amide bonds. The van der Waals surface area contributed by atoms with Gasteiger partial charge in [-0.2, -0.15) is 0 Å². The maximum atomic E-state index is 5.56. The van der Waals surface area contributed by atoms with Gasteiger partial charge in [0.25, 0.3) is 0 Å². The number of nitrogens with one attached hydrogen (secondary N) is 1. The number of nitrogens with two attached hydrogens (primary N) is 1. The van der Waals surface area contributed by atoms with Crippen LogP contribution in [-0.2, 0) is 6.54 Å². The Balaban J connectivity index is 1.87. The van der Waals surface area contributed by atoms with Crippen LogP contribution in [-0.4, -0.2) is 23.7 Å². The first-order chi connectivity index (χ1) is 8.31. The molecule has 1 unspecified atom stereocenters. The highest BCUT2D eigenvalue weighted by Gasteiger charge is 2.00. The first kappa shape index (κ1) is 12.1. The second-order valence-corrected chi connectivity index (χ2v) is 4.51. The van der Waals surface area contributed by atoms with Gasteiger partial charge in [-0.05, 0) is 37.4 Å². The standard InChI is InChI=1S/C14H21N3/c1-12(11-15)16-8-4-9-17-10-7-13-5-2-3-6-14(13)17/h2-3,5-7,10,12,16H,4,8-9,11,15H2,1H3. The molecule has 0 saturated carbocycles. The Morgan fingerprint density at radius 1 is 1.29 bits per heavy atom. The van der Waals surface area contributed by atoms with E-state index in [2.05, 4.69) is 53.3 Å². The SMILES string of the molecule is CC(CN)NCCCn1ccc2ccccc21. The van der Waals surface area contributed by atoms with Crippen LogP contribution in [0.5, 0.6) is 0 Å². The molecule has 17 heavy (non-hydrogen) atoms. The molecule has 2 rings (SSSR count). The first-order valence-corrected chi connectivity index (χ1v) is 6.28. The van der Waals surface area contributed by atoms with Crippen molar-refractivity contribution < 1.29 is 0 Å². The zero-order valence-corrected chi connectivity index (χ0v) is 10.4. The van der Waals surface area contributed by atoms with Gasteiger partial charge in [0.2, 0.25) is 0 Å². The van der Waals surface area contributed by atoms with Crippen molar-refractivity contribution in [2.24, 2.45) is 5.73 Å². The maximum absolute atomic E-state index is 5.56. The predicted molar refractivity (Wildman–Crippen MR) is 73.1 cm³/mol. The summed E-state index contributed by atoms with van der Waals surface area (Å²) in [5.41, 5.74) is 6.87. The van der Waals surface area contributed by atoms with E-state index >= 15 is 0 Å². The highest BCUT2D eigenvalue weighted by Crippen LogP contribution is 2.15. The zero-order chi connectivity index (χ0) is 12.1. The van der Waals surface area contributed by atoms with Crippen LogP contribution in [0.4, 0.5) is 0 Å². The molecular weight excluding hydrogens is 210 g/mol. The van der Waals surface area contributed by atoms with Crippen LogP contribution < -0.4 is 11.1 Å². The van der Waals surface area contributed by atoms with Crippen molar-refractivity contribution in [1.29, 1.82) is 0 Å². The highest BCUT2D eigenvalue weighted by molar-refractivity contribution is 5.79.